The van der Waals surface area contributed by atoms with Gasteiger partial charge in [-0.15, -0.1) is 11.8 Å². The van der Waals surface area contributed by atoms with Crippen LogP contribution in [0.5, 0.6) is 0 Å². The normalized spacial score (nSPS) is 11.0. The van der Waals surface area contributed by atoms with E-state index in [9.17, 15) is 4.79 Å². The number of oxazole rings is 1. The van der Waals surface area contributed by atoms with Gasteiger partial charge in [-0.05, 0) is 79.1 Å². The number of nitrogens with zero attached hydrogens (tertiary/aromatic N) is 1. The Hall–Kier alpha value is -2.76. The molecular formula is C24H21ClN2O2S. The van der Waals surface area contributed by atoms with Crippen LogP contribution in [-0.2, 0) is 11.3 Å². The number of carbonyl (C=O) groups is 1. The Morgan fingerprint density at radius 3 is 2.47 bits per heavy atom. The van der Waals surface area contributed by atoms with E-state index in [4.69, 9.17) is 16.0 Å². The molecule has 4 aromatic rings. The Morgan fingerprint density at radius 1 is 1.03 bits per heavy atom. The number of rotatable bonds is 6. The molecule has 4 nitrogen and oxygen atoms in total. The van der Waals surface area contributed by atoms with Gasteiger partial charge in [-0.1, -0.05) is 23.7 Å². The molecule has 0 radical (unpaired) electrons. The number of nitrogens with one attached hydrogen (secondary N) is 1. The van der Waals surface area contributed by atoms with Gasteiger partial charge in [0.1, 0.15) is 5.52 Å². The van der Waals surface area contributed by atoms with Gasteiger partial charge < -0.3 is 9.73 Å². The van der Waals surface area contributed by atoms with E-state index >= 15 is 0 Å². The summed E-state index contributed by atoms with van der Waals surface area (Å²) in [5, 5.41) is 3.64. The molecule has 0 saturated heterocycles. The van der Waals surface area contributed by atoms with E-state index in [0.717, 1.165) is 27.1 Å². The maximum atomic E-state index is 12.1. The summed E-state index contributed by atoms with van der Waals surface area (Å²) in [5.74, 6) is 0.954. The monoisotopic (exact) mass is 436 g/mol. The lowest BCUT2D eigenvalue weighted by Gasteiger charge is -2.06. The van der Waals surface area contributed by atoms with Crippen LogP contribution in [0.3, 0.4) is 0 Å². The largest absolute Gasteiger partial charge is 0.436 e. The van der Waals surface area contributed by atoms with Crippen molar-refractivity contribution in [1.29, 1.82) is 0 Å². The van der Waals surface area contributed by atoms with E-state index in [0.29, 0.717) is 23.2 Å². The number of carbonyl (C=O) groups excluding carboxylic acids is 1. The zero-order valence-electron chi connectivity index (χ0n) is 16.7. The summed E-state index contributed by atoms with van der Waals surface area (Å²) >= 11 is 7.36. The minimum absolute atomic E-state index is 0.0104. The number of thioether (sulfide) groups is 1. The number of benzene rings is 3. The zero-order valence-corrected chi connectivity index (χ0v) is 18.3. The van der Waals surface area contributed by atoms with Gasteiger partial charge in [0.2, 0.25) is 11.8 Å². The van der Waals surface area contributed by atoms with E-state index in [1.54, 1.807) is 0 Å². The first-order valence-corrected chi connectivity index (χ1v) is 11.0. The number of aryl methyl sites for hydroxylation is 2. The van der Waals surface area contributed by atoms with Crippen LogP contribution >= 0.6 is 23.4 Å². The van der Waals surface area contributed by atoms with Gasteiger partial charge >= 0.3 is 0 Å². The van der Waals surface area contributed by atoms with Crippen LogP contribution in [0.1, 0.15) is 16.7 Å². The van der Waals surface area contributed by atoms with Gasteiger partial charge in [-0.3, -0.25) is 4.79 Å². The molecule has 0 atom stereocenters. The van der Waals surface area contributed by atoms with Crippen molar-refractivity contribution in [3.8, 4) is 11.5 Å². The highest BCUT2D eigenvalue weighted by Gasteiger charge is 2.10. The van der Waals surface area contributed by atoms with Crippen molar-refractivity contribution in [3.05, 3.63) is 82.4 Å². The van der Waals surface area contributed by atoms with Crippen molar-refractivity contribution < 1.29 is 9.21 Å². The minimum atomic E-state index is -0.0104. The van der Waals surface area contributed by atoms with Gasteiger partial charge in [0, 0.05) is 22.0 Å². The second kappa shape index (κ2) is 8.94. The van der Waals surface area contributed by atoms with Gasteiger partial charge in [-0.2, -0.15) is 0 Å². The zero-order chi connectivity index (χ0) is 21.1. The third kappa shape index (κ3) is 4.86. The van der Waals surface area contributed by atoms with E-state index in [-0.39, 0.29) is 5.91 Å². The Bertz CT molecular complexity index is 1150. The molecule has 0 spiro atoms. The van der Waals surface area contributed by atoms with Crippen LogP contribution in [0.4, 0.5) is 0 Å². The topological polar surface area (TPSA) is 55.1 Å². The van der Waals surface area contributed by atoms with E-state index in [1.165, 1.54) is 22.9 Å². The molecule has 3 aromatic carbocycles. The van der Waals surface area contributed by atoms with Crippen LogP contribution in [0.2, 0.25) is 5.02 Å². The lowest BCUT2D eigenvalue weighted by molar-refractivity contribution is -0.118. The fourth-order valence-corrected chi connectivity index (χ4v) is 3.85. The highest BCUT2D eigenvalue weighted by atomic mass is 35.5. The molecule has 1 N–H and O–H groups in total. The number of hydrogen-bond donors (Lipinski definition) is 1. The Labute approximate surface area is 184 Å². The second-order valence-corrected chi connectivity index (χ2v) is 8.62. The predicted octanol–water partition coefficient (Wildman–Crippen LogP) is 6.17. The van der Waals surface area contributed by atoms with E-state index < -0.39 is 0 Å². The van der Waals surface area contributed by atoms with Crippen molar-refractivity contribution in [2.24, 2.45) is 0 Å². The van der Waals surface area contributed by atoms with Crippen LogP contribution in [0.15, 0.2) is 70.0 Å². The number of halogens is 1. The first kappa shape index (κ1) is 20.5. The van der Waals surface area contributed by atoms with Crippen molar-refractivity contribution in [2.45, 2.75) is 25.3 Å². The molecule has 0 fully saturated rings. The summed E-state index contributed by atoms with van der Waals surface area (Å²) in [6.45, 7) is 4.61. The van der Waals surface area contributed by atoms with Crippen molar-refractivity contribution in [3.63, 3.8) is 0 Å². The quantitative estimate of drug-likeness (QED) is 0.367. The van der Waals surface area contributed by atoms with Gasteiger partial charge in [0.05, 0.1) is 5.75 Å². The van der Waals surface area contributed by atoms with Gasteiger partial charge in [0.25, 0.3) is 0 Å². The van der Waals surface area contributed by atoms with Crippen LogP contribution in [-0.4, -0.2) is 16.6 Å². The summed E-state index contributed by atoms with van der Waals surface area (Å²) < 4.78 is 5.92. The fourth-order valence-electron chi connectivity index (χ4n) is 3.00. The smallest absolute Gasteiger partial charge is 0.230 e. The van der Waals surface area contributed by atoms with E-state index in [2.05, 4.69) is 24.1 Å². The second-order valence-electron chi connectivity index (χ2n) is 7.14. The highest BCUT2D eigenvalue weighted by molar-refractivity contribution is 8.00. The lowest BCUT2D eigenvalue weighted by atomic mass is 10.1. The first-order valence-electron chi connectivity index (χ1n) is 9.60. The first-order chi connectivity index (χ1) is 14.5. The molecule has 152 valence electrons. The Balaban J connectivity index is 1.34. The molecular weight excluding hydrogens is 416 g/mol. The molecule has 0 unspecified atom stereocenters. The average molecular weight is 437 g/mol. The molecule has 0 saturated carbocycles. The lowest BCUT2D eigenvalue weighted by Crippen LogP contribution is -2.24. The SMILES string of the molecule is Cc1cc2nc(-c3ccc(CNC(=O)CSc4ccc(Cl)cc4)cc3)oc2cc1C. The third-order valence-corrected chi connectivity index (χ3v) is 6.14. The maximum absolute atomic E-state index is 12.1. The molecule has 4 rings (SSSR count). The van der Waals surface area contributed by atoms with Gasteiger partial charge in [0.15, 0.2) is 5.58 Å². The molecule has 1 aromatic heterocycles. The minimum Gasteiger partial charge on any atom is -0.436 e. The summed E-state index contributed by atoms with van der Waals surface area (Å²) in [6, 6.07) is 19.4. The Morgan fingerprint density at radius 2 is 1.73 bits per heavy atom. The van der Waals surface area contributed by atoms with Crippen LogP contribution < -0.4 is 5.32 Å². The van der Waals surface area contributed by atoms with E-state index in [1.807, 2.05) is 60.7 Å². The molecule has 0 bridgehead atoms. The predicted molar refractivity (Wildman–Crippen MR) is 123 cm³/mol. The summed E-state index contributed by atoms with van der Waals surface area (Å²) in [5.41, 5.74) is 5.97. The summed E-state index contributed by atoms with van der Waals surface area (Å²) in [7, 11) is 0. The van der Waals surface area contributed by atoms with Crippen molar-refractivity contribution >= 4 is 40.4 Å². The van der Waals surface area contributed by atoms with Crippen LogP contribution in [0.25, 0.3) is 22.6 Å². The molecule has 0 aliphatic heterocycles. The molecule has 6 heteroatoms. The molecule has 30 heavy (non-hydrogen) atoms. The number of aromatic nitrogens is 1. The number of amides is 1. The Kier molecular flexibility index (Phi) is 6.11. The molecule has 1 heterocycles. The van der Waals surface area contributed by atoms with Crippen molar-refractivity contribution in [1.82, 2.24) is 10.3 Å². The standard InChI is InChI=1S/C24H21ClN2O2S/c1-15-11-21-22(12-16(15)2)29-24(27-21)18-5-3-17(4-6-18)13-26-23(28)14-30-20-9-7-19(25)8-10-20/h3-12H,13-14H2,1-2H3,(H,26,28). The third-order valence-electron chi connectivity index (χ3n) is 4.88. The summed E-state index contributed by atoms with van der Waals surface area (Å²) in [4.78, 5) is 17.7. The molecule has 0 aliphatic carbocycles. The summed E-state index contributed by atoms with van der Waals surface area (Å²) in [6.07, 6.45) is 0. The highest BCUT2D eigenvalue weighted by Crippen LogP contribution is 2.26. The fraction of sp³-hybridized carbons (Fsp3) is 0.167. The number of hydrogen-bond acceptors (Lipinski definition) is 4. The molecule has 1 amide bonds. The maximum Gasteiger partial charge on any atom is 0.230 e. The van der Waals surface area contributed by atoms with Gasteiger partial charge in [-0.25, -0.2) is 4.98 Å². The molecule has 0 aliphatic rings. The average Bonchev–Trinajstić information content (AvgIpc) is 3.15. The number of fused-ring (bicyclic) bond motifs is 1. The van der Waals surface area contributed by atoms with Crippen molar-refractivity contribution in [2.75, 3.05) is 5.75 Å². The van der Waals surface area contributed by atoms with Crippen LogP contribution in [0, 0.1) is 13.8 Å².